The molecule has 0 atom stereocenters. The van der Waals surface area contributed by atoms with Crippen LogP contribution in [0.25, 0.3) is 16.9 Å². The van der Waals surface area contributed by atoms with Gasteiger partial charge in [0.2, 0.25) is 5.91 Å². The molecule has 0 bridgehead atoms. The van der Waals surface area contributed by atoms with Crippen molar-refractivity contribution in [3.05, 3.63) is 103 Å². The van der Waals surface area contributed by atoms with Gasteiger partial charge in [-0.05, 0) is 48.5 Å². The lowest BCUT2D eigenvalue weighted by molar-refractivity contribution is -0.115. The molecule has 1 amide bonds. The summed E-state index contributed by atoms with van der Waals surface area (Å²) in [4.78, 5) is 12.6. The van der Waals surface area contributed by atoms with E-state index in [1.807, 2.05) is 66.9 Å². The molecule has 3 aromatic carbocycles. The van der Waals surface area contributed by atoms with Crippen LogP contribution in [0.1, 0.15) is 5.56 Å². The SMILES string of the molecule is O=C(Cc1cn(-c2ccccc2)nc1-c1ccc(F)cc1)Nc1ccccc1. The second-order valence-corrected chi connectivity index (χ2v) is 6.38. The molecule has 4 aromatic rings. The second kappa shape index (κ2) is 7.88. The van der Waals surface area contributed by atoms with Gasteiger partial charge in [-0.25, -0.2) is 9.07 Å². The van der Waals surface area contributed by atoms with E-state index in [4.69, 9.17) is 0 Å². The molecule has 138 valence electrons. The van der Waals surface area contributed by atoms with Gasteiger partial charge in [0.25, 0.3) is 0 Å². The summed E-state index contributed by atoms with van der Waals surface area (Å²) in [6.07, 6.45) is 2.01. The van der Waals surface area contributed by atoms with Gasteiger partial charge in [-0.2, -0.15) is 5.10 Å². The summed E-state index contributed by atoms with van der Waals surface area (Å²) in [5.74, 6) is -0.447. The zero-order valence-electron chi connectivity index (χ0n) is 15.0. The van der Waals surface area contributed by atoms with Crippen LogP contribution in [0.2, 0.25) is 0 Å². The van der Waals surface area contributed by atoms with Gasteiger partial charge in [0.05, 0.1) is 17.8 Å². The highest BCUT2D eigenvalue weighted by Gasteiger charge is 2.16. The van der Waals surface area contributed by atoms with Gasteiger partial charge in [0.1, 0.15) is 5.82 Å². The van der Waals surface area contributed by atoms with E-state index in [0.29, 0.717) is 5.69 Å². The summed E-state index contributed by atoms with van der Waals surface area (Å²) in [6, 6.07) is 25.1. The molecular formula is C23H18FN3O. The van der Waals surface area contributed by atoms with E-state index in [2.05, 4.69) is 10.4 Å². The molecule has 0 aliphatic carbocycles. The normalized spacial score (nSPS) is 10.6. The molecule has 0 aliphatic rings. The summed E-state index contributed by atoms with van der Waals surface area (Å²) in [5.41, 5.74) is 3.82. The van der Waals surface area contributed by atoms with Crippen LogP contribution in [0.5, 0.6) is 0 Å². The number of para-hydroxylation sites is 2. The van der Waals surface area contributed by atoms with Crippen LogP contribution in [0.15, 0.2) is 91.1 Å². The number of halogens is 1. The molecule has 0 aliphatic heterocycles. The Morgan fingerprint density at radius 1 is 0.893 bits per heavy atom. The molecule has 1 N–H and O–H groups in total. The van der Waals surface area contributed by atoms with Gasteiger partial charge in [-0.1, -0.05) is 36.4 Å². The van der Waals surface area contributed by atoms with E-state index in [9.17, 15) is 9.18 Å². The Morgan fingerprint density at radius 2 is 1.54 bits per heavy atom. The molecule has 0 saturated carbocycles. The molecule has 0 saturated heterocycles. The fourth-order valence-electron chi connectivity index (χ4n) is 3.00. The maximum atomic E-state index is 13.3. The maximum absolute atomic E-state index is 13.3. The third-order valence-electron chi connectivity index (χ3n) is 4.34. The zero-order valence-corrected chi connectivity index (χ0v) is 15.0. The topological polar surface area (TPSA) is 46.9 Å². The number of aromatic nitrogens is 2. The van der Waals surface area contributed by atoms with Gasteiger partial charge >= 0.3 is 0 Å². The average Bonchev–Trinajstić information content (AvgIpc) is 3.13. The zero-order chi connectivity index (χ0) is 19.3. The molecule has 4 rings (SSSR count). The van der Waals surface area contributed by atoms with Crippen LogP contribution in [0, 0.1) is 5.82 Å². The first-order chi connectivity index (χ1) is 13.7. The number of nitrogens with one attached hydrogen (secondary N) is 1. The molecule has 0 fully saturated rings. The van der Waals surface area contributed by atoms with Crippen molar-refractivity contribution in [2.45, 2.75) is 6.42 Å². The van der Waals surface area contributed by atoms with E-state index in [0.717, 1.165) is 22.5 Å². The first-order valence-electron chi connectivity index (χ1n) is 8.94. The van der Waals surface area contributed by atoms with E-state index in [1.54, 1.807) is 16.8 Å². The molecule has 1 aromatic heterocycles. The lowest BCUT2D eigenvalue weighted by Crippen LogP contribution is -2.14. The number of hydrogen-bond donors (Lipinski definition) is 1. The lowest BCUT2D eigenvalue weighted by atomic mass is 10.1. The molecule has 0 radical (unpaired) electrons. The molecule has 0 spiro atoms. The fraction of sp³-hybridized carbons (Fsp3) is 0.0435. The number of rotatable bonds is 5. The Balaban J connectivity index is 1.67. The lowest BCUT2D eigenvalue weighted by Gasteiger charge is -2.05. The molecule has 28 heavy (non-hydrogen) atoms. The number of nitrogens with zero attached hydrogens (tertiary/aromatic N) is 2. The van der Waals surface area contributed by atoms with Gasteiger partial charge in [-0.3, -0.25) is 4.79 Å². The highest BCUT2D eigenvalue weighted by molar-refractivity contribution is 5.93. The van der Waals surface area contributed by atoms with Crippen molar-refractivity contribution in [1.82, 2.24) is 9.78 Å². The second-order valence-electron chi connectivity index (χ2n) is 6.38. The predicted octanol–water partition coefficient (Wildman–Crippen LogP) is 4.86. The monoisotopic (exact) mass is 371 g/mol. The molecule has 1 heterocycles. The number of amides is 1. The van der Waals surface area contributed by atoms with Crippen LogP contribution in [0.3, 0.4) is 0 Å². The first kappa shape index (κ1) is 17.7. The third kappa shape index (κ3) is 3.99. The van der Waals surface area contributed by atoms with Crippen molar-refractivity contribution in [2.24, 2.45) is 0 Å². The van der Waals surface area contributed by atoms with Crippen LogP contribution >= 0.6 is 0 Å². The van der Waals surface area contributed by atoms with Gasteiger partial charge < -0.3 is 5.32 Å². The van der Waals surface area contributed by atoms with Crippen LogP contribution < -0.4 is 5.32 Å². The van der Waals surface area contributed by atoms with Crippen molar-refractivity contribution >= 4 is 11.6 Å². The number of benzene rings is 3. The summed E-state index contributed by atoms with van der Waals surface area (Å²) >= 11 is 0. The van der Waals surface area contributed by atoms with E-state index < -0.39 is 0 Å². The number of anilines is 1. The molecular weight excluding hydrogens is 353 g/mol. The van der Waals surface area contributed by atoms with Gasteiger partial charge in [0, 0.05) is 23.0 Å². The van der Waals surface area contributed by atoms with E-state index in [1.165, 1.54) is 12.1 Å². The van der Waals surface area contributed by atoms with E-state index in [-0.39, 0.29) is 18.1 Å². The Hall–Kier alpha value is -3.73. The van der Waals surface area contributed by atoms with Crippen LogP contribution in [0.4, 0.5) is 10.1 Å². The van der Waals surface area contributed by atoms with Crippen molar-refractivity contribution < 1.29 is 9.18 Å². The third-order valence-corrected chi connectivity index (χ3v) is 4.34. The molecule has 4 nitrogen and oxygen atoms in total. The minimum atomic E-state index is -0.311. The average molecular weight is 371 g/mol. The summed E-state index contributed by atoms with van der Waals surface area (Å²) < 4.78 is 15.1. The smallest absolute Gasteiger partial charge is 0.228 e. The fourth-order valence-corrected chi connectivity index (χ4v) is 3.00. The first-order valence-corrected chi connectivity index (χ1v) is 8.94. The van der Waals surface area contributed by atoms with Crippen LogP contribution in [-0.4, -0.2) is 15.7 Å². The standard InChI is InChI=1S/C23H18FN3O/c24-19-13-11-17(12-14-19)23-18(15-22(28)25-20-7-3-1-4-8-20)16-27(26-23)21-9-5-2-6-10-21/h1-14,16H,15H2,(H,25,28). The highest BCUT2D eigenvalue weighted by atomic mass is 19.1. The van der Waals surface area contributed by atoms with Crippen molar-refractivity contribution in [3.63, 3.8) is 0 Å². The maximum Gasteiger partial charge on any atom is 0.228 e. The Bertz CT molecular complexity index is 1070. The number of carbonyl (C=O) groups excluding carboxylic acids is 1. The molecule has 5 heteroatoms. The number of hydrogen-bond acceptors (Lipinski definition) is 2. The highest BCUT2D eigenvalue weighted by Crippen LogP contribution is 2.25. The summed E-state index contributed by atoms with van der Waals surface area (Å²) in [5, 5.41) is 7.55. The van der Waals surface area contributed by atoms with Gasteiger partial charge in [0.15, 0.2) is 0 Å². The minimum absolute atomic E-state index is 0.137. The van der Waals surface area contributed by atoms with Crippen LogP contribution in [-0.2, 0) is 11.2 Å². The Morgan fingerprint density at radius 3 is 2.21 bits per heavy atom. The van der Waals surface area contributed by atoms with Crippen molar-refractivity contribution in [1.29, 1.82) is 0 Å². The predicted molar refractivity (Wildman–Crippen MR) is 108 cm³/mol. The van der Waals surface area contributed by atoms with Gasteiger partial charge in [-0.15, -0.1) is 0 Å². The quantitative estimate of drug-likeness (QED) is 0.545. The molecule has 0 unspecified atom stereocenters. The van der Waals surface area contributed by atoms with Crippen molar-refractivity contribution in [2.75, 3.05) is 5.32 Å². The Labute approximate surface area is 162 Å². The minimum Gasteiger partial charge on any atom is -0.326 e. The largest absolute Gasteiger partial charge is 0.326 e. The summed E-state index contributed by atoms with van der Waals surface area (Å²) in [6.45, 7) is 0. The number of carbonyl (C=O) groups is 1. The van der Waals surface area contributed by atoms with E-state index >= 15 is 0 Å². The van der Waals surface area contributed by atoms with Crippen molar-refractivity contribution in [3.8, 4) is 16.9 Å². The Kier molecular flexibility index (Phi) is 4.97. The summed E-state index contributed by atoms with van der Waals surface area (Å²) in [7, 11) is 0.